The predicted molar refractivity (Wildman–Crippen MR) is 568 cm³/mol. The lowest BCUT2D eigenvalue weighted by Gasteiger charge is -2.22. The second-order valence-electron chi connectivity index (χ2n) is 38.0. The number of para-hydroxylation sites is 5. The Morgan fingerprint density at radius 2 is 0.561 bits per heavy atom. The van der Waals surface area contributed by atoms with E-state index in [1.54, 1.807) is 0 Å². The van der Waals surface area contributed by atoms with Crippen LogP contribution in [0.1, 0.15) is 74.9 Å². The van der Waals surface area contributed by atoms with Gasteiger partial charge in [0.15, 0.2) is 29.1 Å². The summed E-state index contributed by atoms with van der Waals surface area (Å²) < 4.78 is 13.3. The Kier molecular flexibility index (Phi) is 19.0. The molecule has 0 saturated carbocycles. The fraction of sp³-hybridized carbons (Fsp3) is 0.0709. The van der Waals surface area contributed by atoms with Gasteiger partial charge in [0.05, 0.1) is 44.5 Å². The highest BCUT2D eigenvalue weighted by Gasteiger charge is 2.41. The van der Waals surface area contributed by atoms with E-state index >= 15 is 0 Å². The topological polar surface area (TPSA) is 131 Å². The molecule has 0 unspecified atom stereocenters. The minimum absolute atomic E-state index is 0.0489. The van der Waals surface area contributed by atoms with E-state index in [9.17, 15) is 0 Å². The number of fused-ring (bicyclic) bond motifs is 22. The lowest BCUT2D eigenvalue weighted by Crippen LogP contribution is -2.15. The van der Waals surface area contributed by atoms with Crippen LogP contribution in [0.25, 0.3) is 229 Å². The van der Waals surface area contributed by atoms with E-state index in [2.05, 4.69) is 340 Å². The smallest absolute Gasteiger partial charge is 0.238 e. The number of hydrogen-bond donors (Lipinski definition) is 0. The Labute approximate surface area is 803 Å². The van der Waals surface area contributed by atoms with Gasteiger partial charge in [-0.2, -0.15) is 9.97 Å². The van der Waals surface area contributed by atoms with Gasteiger partial charge >= 0.3 is 0 Å². The van der Waals surface area contributed by atoms with Crippen molar-refractivity contribution in [2.24, 2.45) is 0 Å². The molecule has 658 valence electrons. The first-order valence-electron chi connectivity index (χ1n) is 47.5. The van der Waals surface area contributed by atoms with E-state index in [0.29, 0.717) is 41.0 Å². The number of nitrogens with zero attached hydrogens (tertiary/aromatic N) is 11. The van der Waals surface area contributed by atoms with Crippen LogP contribution in [-0.4, -0.2) is 53.6 Å². The van der Waals surface area contributed by atoms with Crippen LogP contribution in [-0.2, 0) is 16.2 Å². The van der Waals surface area contributed by atoms with Gasteiger partial charge in [-0.15, -0.1) is 0 Å². The van der Waals surface area contributed by atoms with Gasteiger partial charge in [-0.1, -0.05) is 381 Å². The van der Waals surface area contributed by atoms with E-state index in [1.807, 2.05) is 146 Å². The number of furan rings is 1. The van der Waals surface area contributed by atoms with Crippen molar-refractivity contribution in [3.05, 3.63) is 464 Å². The molecule has 12 heteroatoms. The minimum Gasteiger partial charge on any atom is -0.455 e. The average molecular weight is 1790 g/mol. The molecule has 7 heterocycles. The summed E-state index contributed by atoms with van der Waals surface area (Å²) in [5.74, 6) is 4.56. The molecule has 0 amide bonds. The van der Waals surface area contributed by atoms with Crippen molar-refractivity contribution in [3.8, 4) is 142 Å². The van der Waals surface area contributed by atoms with E-state index in [-0.39, 0.29) is 16.2 Å². The lowest BCUT2D eigenvalue weighted by atomic mass is 9.80. The van der Waals surface area contributed by atoms with Gasteiger partial charge in [0.2, 0.25) is 11.9 Å². The normalized spacial score (nSPS) is 13.3. The van der Waals surface area contributed by atoms with Gasteiger partial charge in [-0.05, 0) is 163 Å². The quantitative estimate of drug-likeness (QED) is 0.124. The third kappa shape index (κ3) is 13.4. The molecule has 3 aliphatic carbocycles. The van der Waals surface area contributed by atoms with E-state index < -0.39 is 0 Å². The Bertz CT molecular complexity index is 9090. The van der Waals surface area contributed by atoms with Gasteiger partial charge in [0, 0.05) is 110 Å². The maximum atomic E-state index is 6.47. The standard InChI is InChI=1S/C49H33N3O.C42H30N4.C36H26N4/c1-49(2)40-26-32(33-20-13-21-37-36-19-10-12-23-46(36)53-47(33)37)24-25-34(40)38-28-45-39(27-41(38)49)35-18-9-11-22-44(35)52(45)48-50-42(30-14-5-3-6-15-30)29-43(51-48)31-16-7-4-8-17-31;1-42(2)35-19-11-9-17-31(35)33-26-38-34(25-36(33)42)32-18-10-12-20-37(32)46(38)30-23-21-29(22-24-30)41-44-39(27-13-5-3-6-14-27)43-40(45-41)28-15-7-4-8-16-28;1-36(2)28-19-11-9-17-25(28)26-21-22-30-31(32(26)36)27-18-10-12-20-29(27)40(30)35-38-33(23-13-5-3-6-14-23)37-34(39-35)24-15-7-4-8-16-24/h3-29H,1-2H3;3-26H,1-2H3;3-22H,1-2H3. The summed E-state index contributed by atoms with van der Waals surface area (Å²) in [4.78, 5) is 40.3. The van der Waals surface area contributed by atoms with Crippen LogP contribution >= 0.6 is 0 Å². The molecule has 7 aromatic heterocycles. The van der Waals surface area contributed by atoms with Crippen LogP contribution in [0.5, 0.6) is 0 Å². The zero-order chi connectivity index (χ0) is 92.9. The van der Waals surface area contributed by atoms with Gasteiger partial charge in [0.25, 0.3) is 0 Å². The molecule has 0 N–H and O–H groups in total. The molecule has 28 rings (SSSR count). The second-order valence-corrected chi connectivity index (χ2v) is 38.0. The molecule has 0 bridgehead atoms. The molecule has 0 radical (unpaired) electrons. The van der Waals surface area contributed by atoms with Crippen molar-refractivity contribution in [3.63, 3.8) is 0 Å². The van der Waals surface area contributed by atoms with Crippen LogP contribution in [0.2, 0.25) is 0 Å². The summed E-state index contributed by atoms with van der Waals surface area (Å²) in [6.07, 6.45) is 0. The molecule has 25 aromatic rings. The molecule has 139 heavy (non-hydrogen) atoms. The highest BCUT2D eigenvalue weighted by molar-refractivity contribution is 6.16. The van der Waals surface area contributed by atoms with Crippen LogP contribution in [0.4, 0.5) is 0 Å². The summed E-state index contributed by atoms with van der Waals surface area (Å²) in [6, 6.07) is 151. The second kappa shape index (κ2) is 32.3. The summed E-state index contributed by atoms with van der Waals surface area (Å²) in [6.45, 7) is 14.1. The predicted octanol–water partition coefficient (Wildman–Crippen LogP) is 31.7. The maximum Gasteiger partial charge on any atom is 0.238 e. The molecule has 3 aliphatic rings. The van der Waals surface area contributed by atoms with Crippen molar-refractivity contribution >= 4 is 87.4 Å². The Morgan fingerprint density at radius 1 is 0.201 bits per heavy atom. The Hall–Kier alpha value is -17.7. The van der Waals surface area contributed by atoms with E-state index in [0.717, 1.165) is 111 Å². The Balaban J connectivity index is 0.000000109. The molecule has 0 atom stereocenters. The van der Waals surface area contributed by atoms with Gasteiger partial charge < -0.3 is 8.98 Å². The number of rotatable bonds is 11. The Morgan fingerprint density at radius 3 is 1.09 bits per heavy atom. The molecule has 18 aromatic carbocycles. The van der Waals surface area contributed by atoms with Crippen molar-refractivity contribution < 1.29 is 4.42 Å². The van der Waals surface area contributed by atoms with Crippen LogP contribution in [0.3, 0.4) is 0 Å². The van der Waals surface area contributed by atoms with Gasteiger partial charge in [0.1, 0.15) is 11.2 Å². The summed E-state index contributed by atoms with van der Waals surface area (Å²) in [5.41, 5.74) is 36.2. The first-order valence-corrected chi connectivity index (χ1v) is 47.5. The number of aromatic nitrogens is 11. The zero-order valence-corrected chi connectivity index (χ0v) is 77.3. The lowest BCUT2D eigenvalue weighted by molar-refractivity contribution is 0.661. The maximum absolute atomic E-state index is 6.47. The monoisotopic (exact) mass is 1780 g/mol. The van der Waals surface area contributed by atoms with Crippen LogP contribution < -0.4 is 0 Å². The highest BCUT2D eigenvalue weighted by atomic mass is 16.3. The average Bonchev–Trinajstić information content (AvgIpc) is 1.54. The summed E-state index contributed by atoms with van der Waals surface area (Å²) in [7, 11) is 0. The zero-order valence-electron chi connectivity index (χ0n) is 77.3. The summed E-state index contributed by atoms with van der Waals surface area (Å²) >= 11 is 0. The molecule has 12 nitrogen and oxygen atoms in total. The molecule has 0 aliphatic heterocycles. The third-order valence-corrected chi connectivity index (χ3v) is 28.9. The first kappa shape index (κ1) is 82.0. The highest BCUT2D eigenvalue weighted by Crippen LogP contribution is 2.57. The van der Waals surface area contributed by atoms with E-state index in [1.165, 1.54) is 110 Å². The SMILES string of the molecule is CC1(C)c2cc(-c3cccc4c3oc3ccccc34)ccc2-c2cc3c(cc21)c1ccccc1n3-c1nc(-c2ccccc2)cc(-c2ccccc2)n1.CC1(C)c2ccccc2-c2cc3c(cc21)c1ccccc1n3-c1ccc(-c2nc(-c3ccccc3)nc(-c3ccccc3)n2)cc1.CC1(C)c2ccccc2-c2ccc3c(c21)c1ccccc1n3-c1nc(-c2ccccc2)nc(-c2ccccc2)n1. The minimum atomic E-state index is -0.218. The van der Waals surface area contributed by atoms with Crippen molar-refractivity contribution in [1.82, 2.24) is 53.6 Å². The van der Waals surface area contributed by atoms with Gasteiger partial charge in [-0.3, -0.25) is 9.13 Å². The fourth-order valence-electron chi connectivity index (χ4n) is 22.2. The van der Waals surface area contributed by atoms with Crippen LogP contribution in [0.15, 0.2) is 435 Å². The molecular formula is C127H89N11O. The molecule has 0 saturated heterocycles. The molecule has 0 fully saturated rings. The largest absolute Gasteiger partial charge is 0.455 e. The van der Waals surface area contributed by atoms with Crippen molar-refractivity contribution in [2.75, 3.05) is 0 Å². The third-order valence-electron chi connectivity index (χ3n) is 28.9. The van der Waals surface area contributed by atoms with Crippen LogP contribution in [0, 0.1) is 0 Å². The number of hydrogen-bond acceptors (Lipinski definition) is 9. The van der Waals surface area contributed by atoms with E-state index in [4.69, 9.17) is 44.3 Å². The van der Waals surface area contributed by atoms with Gasteiger partial charge in [-0.25, -0.2) is 29.9 Å². The molecule has 0 spiro atoms. The van der Waals surface area contributed by atoms with Crippen molar-refractivity contribution in [1.29, 1.82) is 0 Å². The molecular weight excluding hydrogens is 1700 g/mol. The fourth-order valence-corrected chi connectivity index (χ4v) is 22.2. The summed E-state index contributed by atoms with van der Waals surface area (Å²) in [5, 5.41) is 9.67. The van der Waals surface area contributed by atoms with Crippen molar-refractivity contribution in [2.45, 2.75) is 57.8 Å². The first-order chi connectivity index (χ1) is 68.2. The number of benzene rings is 18.